The highest BCUT2D eigenvalue weighted by Gasteiger charge is 2.37. The first-order chi connectivity index (χ1) is 12.8. The van der Waals surface area contributed by atoms with Crippen molar-refractivity contribution in [2.75, 3.05) is 5.32 Å². The molecule has 1 aromatic carbocycles. The number of fused-ring (bicyclic) bond motifs is 1. The molecule has 1 amide bonds. The topological polar surface area (TPSA) is 77.0 Å². The van der Waals surface area contributed by atoms with Gasteiger partial charge in [0.1, 0.15) is 22.4 Å². The number of carbonyl (C=O) groups excluding carboxylic acids is 1. The lowest BCUT2D eigenvalue weighted by atomic mass is 9.81. The molecule has 7 heteroatoms. The Kier molecular flexibility index (Phi) is 3.81. The van der Waals surface area contributed by atoms with Gasteiger partial charge in [-0.25, -0.2) is 0 Å². The maximum absolute atomic E-state index is 12.4. The monoisotopic (exact) mass is 366 g/mol. The summed E-state index contributed by atoms with van der Waals surface area (Å²) < 4.78 is 6.07. The standard InChI is InChI=1S/C19H18N4O2S/c24-17(21-19-23-22-18(26-19)12-6-7-12)13-9-14(10-13)25-15-5-1-3-11-4-2-8-20-16(11)15/h1-5,8,12-14H,6-7,9-10H2,(H,21,23,24). The van der Waals surface area contributed by atoms with E-state index in [0.29, 0.717) is 23.9 Å². The Morgan fingerprint density at radius 2 is 2.00 bits per heavy atom. The first-order valence-electron chi connectivity index (χ1n) is 8.91. The van der Waals surface area contributed by atoms with E-state index >= 15 is 0 Å². The molecular formula is C19H18N4O2S. The largest absolute Gasteiger partial charge is 0.488 e. The minimum Gasteiger partial charge on any atom is -0.488 e. The molecular weight excluding hydrogens is 348 g/mol. The van der Waals surface area contributed by atoms with Crippen LogP contribution in [0.2, 0.25) is 0 Å². The Hall–Kier alpha value is -2.54. The molecule has 5 rings (SSSR count). The van der Waals surface area contributed by atoms with E-state index in [0.717, 1.165) is 21.7 Å². The molecule has 0 aliphatic heterocycles. The Balaban J connectivity index is 1.18. The van der Waals surface area contributed by atoms with Gasteiger partial charge in [0.25, 0.3) is 0 Å². The third-order valence-electron chi connectivity index (χ3n) is 4.95. The lowest BCUT2D eigenvalue weighted by Gasteiger charge is -2.34. The van der Waals surface area contributed by atoms with Crippen LogP contribution in [0.15, 0.2) is 36.5 Å². The third-order valence-corrected chi connectivity index (χ3v) is 5.95. The number of benzene rings is 1. The van der Waals surface area contributed by atoms with Gasteiger partial charge in [0, 0.05) is 23.4 Å². The number of nitrogens with zero attached hydrogens (tertiary/aromatic N) is 3. The summed E-state index contributed by atoms with van der Waals surface area (Å²) in [7, 11) is 0. The smallest absolute Gasteiger partial charge is 0.229 e. The molecule has 3 aromatic rings. The Labute approximate surface area is 154 Å². The van der Waals surface area contributed by atoms with Crippen molar-refractivity contribution >= 4 is 33.3 Å². The quantitative estimate of drug-likeness (QED) is 0.744. The third kappa shape index (κ3) is 3.03. The summed E-state index contributed by atoms with van der Waals surface area (Å²) in [5, 5.41) is 13.8. The van der Waals surface area contributed by atoms with Crippen molar-refractivity contribution in [2.24, 2.45) is 5.92 Å². The number of nitrogens with one attached hydrogen (secondary N) is 1. The molecule has 2 aliphatic carbocycles. The average Bonchev–Trinajstić information content (AvgIpc) is 3.37. The minimum absolute atomic E-state index is 0.0133. The fourth-order valence-corrected chi connectivity index (χ4v) is 4.13. The molecule has 2 aromatic heterocycles. The molecule has 0 bridgehead atoms. The molecule has 6 nitrogen and oxygen atoms in total. The van der Waals surface area contributed by atoms with Gasteiger partial charge < -0.3 is 10.1 Å². The van der Waals surface area contributed by atoms with Gasteiger partial charge in [-0.3, -0.25) is 9.78 Å². The van der Waals surface area contributed by atoms with Crippen molar-refractivity contribution in [3.63, 3.8) is 0 Å². The summed E-state index contributed by atoms with van der Waals surface area (Å²) in [5.74, 6) is 1.33. The van der Waals surface area contributed by atoms with Crippen molar-refractivity contribution in [1.82, 2.24) is 15.2 Å². The molecule has 2 aliphatic rings. The van der Waals surface area contributed by atoms with Crippen LogP contribution in [0, 0.1) is 5.92 Å². The highest BCUT2D eigenvalue weighted by atomic mass is 32.1. The fraction of sp³-hybridized carbons (Fsp3) is 0.368. The van der Waals surface area contributed by atoms with Gasteiger partial charge in [0.2, 0.25) is 11.0 Å². The van der Waals surface area contributed by atoms with Gasteiger partial charge in [-0.05, 0) is 37.8 Å². The zero-order valence-corrected chi connectivity index (χ0v) is 14.9. The highest BCUT2D eigenvalue weighted by molar-refractivity contribution is 7.15. The van der Waals surface area contributed by atoms with Crippen molar-refractivity contribution < 1.29 is 9.53 Å². The maximum atomic E-state index is 12.4. The summed E-state index contributed by atoms with van der Waals surface area (Å²) in [6, 6.07) is 9.85. The molecule has 132 valence electrons. The van der Waals surface area contributed by atoms with Crippen LogP contribution in [-0.2, 0) is 4.79 Å². The number of pyridine rings is 1. The fourth-order valence-electron chi connectivity index (χ4n) is 3.21. The molecule has 0 spiro atoms. The molecule has 2 heterocycles. The van der Waals surface area contributed by atoms with Crippen LogP contribution in [0.4, 0.5) is 5.13 Å². The SMILES string of the molecule is O=C(Nc1nnc(C2CC2)s1)C1CC(Oc2cccc3cccnc23)C1. The zero-order chi connectivity index (χ0) is 17.5. The molecule has 2 saturated carbocycles. The second kappa shape index (κ2) is 6.32. The summed E-state index contributed by atoms with van der Waals surface area (Å²) in [6.07, 6.45) is 5.62. The Morgan fingerprint density at radius 3 is 2.85 bits per heavy atom. The summed E-state index contributed by atoms with van der Waals surface area (Å²) >= 11 is 1.49. The zero-order valence-electron chi connectivity index (χ0n) is 14.1. The van der Waals surface area contributed by atoms with Gasteiger partial charge in [0.05, 0.1) is 0 Å². The van der Waals surface area contributed by atoms with Crippen LogP contribution < -0.4 is 10.1 Å². The van der Waals surface area contributed by atoms with Crippen molar-refractivity contribution in [3.05, 3.63) is 41.5 Å². The number of ether oxygens (including phenoxy) is 1. The molecule has 0 saturated heterocycles. The van der Waals surface area contributed by atoms with E-state index in [1.165, 1.54) is 24.2 Å². The molecule has 2 fully saturated rings. The summed E-state index contributed by atoms with van der Waals surface area (Å²) in [5.41, 5.74) is 0.865. The lowest BCUT2D eigenvalue weighted by Crippen LogP contribution is -2.40. The number of aromatic nitrogens is 3. The van der Waals surface area contributed by atoms with Gasteiger partial charge in [-0.2, -0.15) is 0 Å². The van der Waals surface area contributed by atoms with Gasteiger partial charge in [0.15, 0.2) is 0 Å². The molecule has 1 N–H and O–H groups in total. The van der Waals surface area contributed by atoms with E-state index < -0.39 is 0 Å². The number of amides is 1. The minimum atomic E-state index is -0.0313. The van der Waals surface area contributed by atoms with E-state index in [1.54, 1.807) is 6.20 Å². The normalized spacial score (nSPS) is 22.0. The second-order valence-corrected chi connectivity index (χ2v) is 7.96. The molecule has 0 unspecified atom stereocenters. The molecule has 0 atom stereocenters. The van der Waals surface area contributed by atoms with Crippen LogP contribution in [0.3, 0.4) is 0 Å². The Morgan fingerprint density at radius 1 is 1.15 bits per heavy atom. The van der Waals surface area contributed by atoms with Gasteiger partial charge >= 0.3 is 0 Å². The van der Waals surface area contributed by atoms with Crippen LogP contribution in [0.5, 0.6) is 5.75 Å². The number of carbonyl (C=O) groups is 1. The van der Waals surface area contributed by atoms with E-state index in [4.69, 9.17) is 4.74 Å². The van der Waals surface area contributed by atoms with Crippen LogP contribution >= 0.6 is 11.3 Å². The number of para-hydroxylation sites is 1. The number of anilines is 1. The molecule has 26 heavy (non-hydrogen) atoms. The van der Waals surface area contributed by atoms with Crippen LogP contribution in [0.25, 0.3) is 10.9 Å². The number of rotatable bonds is 5. The van der Waals surface area contributed by atoms with Crippen molar-refractivity contribution in [3.8, 4) is 5.75 Å². The van der Waals surface area contributed by atoms with Gasteiger partial charge in [-0.1, -0.05) is 29.5 Å². The lowest BCUT2D eigenvalue weighted by molar-refractivity contribution is -0.125. The van der Waals surface area contributed by atoms with Crippen LogP contribution in [-0.4, -0.2) is 27.2 Å². The summed E-state index contributed by atoms with van der Waals surface area (Å²) in [4.78, 5) is 16.8. The van der Waals surface area contributed by atoms with E-state index in [2.05, 4.69) is 20.5 Å². The summed E-state index contributed by atoms with van der Waals surface area (Å²) in [6.45, 7) is 0. The van der Waals surface area contributed by atoms with Crippen molar-refractivity contribution in [1.29, 1.82) is 0 Å². The number of hydrogen-bond donors (Lipinski definition) is 1. The van der Waals surface area contributed by atoms with Crippen LogP contribution in [0.1, 0.15) is 36.6 Å². The predicted octanol–water partition coefficient (Wildman–Crippen LogP) is 3.76. The highest BCUT2D eigenvalue weighted by Crippen LogP contribution is 2.42. The second-order valence-electron chi connectivity index (χ2n) is 6.95. The molecule has 0 radical (unpaired) electrons. The predicted molar refractivity (Wildman–Crippen MR) is 99.4 cm³/mol. The average molecular weight is 366 g/mol. The van der Waals surface area contributed by atoms with Gasteiger partial charge in [-0.15, -0.1) is 10.2 Å². The maximum Gasteiger partial charge on any atom is 0.229 e. The first-order valence-corrected chi connectivity index (χ1v) is 9.72. The number of hydrogen-bond acceptors (Lipinski definition) is 6. The first kappa shape index (κ1) is 15.7. The van der Waals surface area contributed by atoms with E-state index in [1.807, 2.05) is 30.3 Å². The van der Waals surface area contributed by atoms with E-state index in [-0.39, 0.29) is 17.9 Å². The van der Waals surface area contributed by atoms with E-state index in [9.17, 15) is 4.79 Å². The Bertz CT molecular complexity index is 958. The van der Waals surface area contributed by atoms with Crippen molar-refractivity contribution in [2.45, 2.75) is 37.7 Å².